The molecule has 1 heterocycles. The van der Waals surface area contributed by atoms with E-state index < -0.39 is 11.9 Å². The van der Waals surface area contributed by atoms with Gasteiger partial charge in [0.15, 0.2) is 0 Å². The monoisotopic (exact) mass is 254 g/mol. The first kappa shape index (κ1) is 13.2. The molecule has 2 N–H and O–H groups in total. The van der Waals surface area contributed by atoms with Gasteiger partial charge < -0.3 is 15.3 Å². The second-order valence-corrected chi connectivity index (χ2v) is 6.25. The van der Waals surface area contributed by atoms with Crippen molar-refractivity contribution in [2.24, 2.45) is 17.8 Å². The number of carbonyl (C=O) groups is 2. The molecule has 0 aromatic carbocycles. The van der Waals surface area contributed by atoms with E-state index in [4.69, 9.17) is 5.11 Å². The Morgan fingerprint density at radius 3 is 2.33 bits per heavy atom. The third kappa shape index (κ3) is 2.60. The van der Waals surface area contributed by atoms with Crippen molar-refractivity contribution in [3.63, 3.8) is 0 Å². The third-order valence-electron chi connectivity index (χ3n) is 4.24. The van der Waals surface area contributed by atoms with Crippen LogP contribution in [0.1, 0.15) is 33.6 Å². The number of carbonyl (C=O) groups excluding carboxylic acids is 1. The van der Waals surface area contributed by atoms with E-state index in [1.807, 2.05) is 20.8 Å². The topological polar surface area (TPSA) is 69.6 Å². The molecule has 2 amide bonds. The number of nitrogens with one attached hydrogen (secondary N) is 1. The summed E-state index contributed by atoms with van der Waals surface area (Å²) in [4.78, 5) is 24.8. The van der Waals surface area contributed by atoms with Crippen molar-refractivity contribution in [2.45, 2.75) is 39.2 Å². The Labute approximate surface area is 108 Å². The minimum Gasteiger partial charge on any atom is -0.481 e. The number of urea groups is 1. The lowest BCUT2D eigenvalue weighted by atomic mass is 9.99. The molecule has 5 heteroatoms. The predicted molar refractivity (Wildman–Crippen MR) is 67.2 cm³/mol. The van der Waals surface area contributed by atoms with E-state index in [0.29, 0.717) is 19.0 Å². The zero-order chi connectivity index (χ0) is 13.5. The Morgan fingerprint density at radius 2 is 1.89 bits per heavy atom. The smallest absolute Gasteiger partial charge is 0.317 e. The van der Waals surface area contributed by atoms with Crippen LogP contribution in [0.2, 0.25) is 0 Å². The van der Waals surface area contributed by atoms with Crippen LogP contribution in [0.25, 0.3) is 0 Å². The molecule has 5 nitrogen and oxygen atoms in total. The van der Waals surface area contributed by atoms with Gasteiger partial charge in [-0.15, -0.1) is 0 Å². The van der Waals surface area contributed by atoms with Gasteiger partial charge >= 0.3 is 12.0 Å². The van der Waals surface area contributed by atoms with E-state index in [1.54, 1.807) is 4.90 Å². The molecule has 0 aromatic rings. The summed E-state index contributed by atoms with van der Waals surface area (Å²) in [6, 6.07) is -0.123. The van der Waals surface area contributed by atoms with E-state index in [-0.39, 0.29) is 17.5 Å². The van der Waals surface area contributed by atoms with Crippen LogP contribution < -0.4 is 5.32 Å². The third-order valence-corrected chi connectivity index (χ3v) is 4.24. The summed E-state index contributed by atoms with van der Waals surface area (Å²) in [5.41, 5.74) is -0.179. The van der Waals surface area contributed by atoms with Gasteiger partial charge in [0, 0.05) is 18.6 Å². The largest absolute Gasteiger partial charge is 0.481 e. The van der Waals surface area contributed by atoms with Crippen molar-refractivity contribution >= 4 is 12.0 Å². The molecule has 1 saturated carbocycles. The van der Waals surface area contributed by atoms with E-state index in [1.165, 1.54) is 12.8 Å². The summed E-state index contributed by atoms with van der Waals surface area (Å²) >= 11 is 0. The lowest BCUT2D eigenvalue weighted by Gasteiger charge is -2.29. The van der Waals surface area contributed by atoms with Crippen LogP contribution >= 0.6 is 0 Å². The van der Waals surface area contributed by atoms with Gasteiger partial charge in [-0.3, -0.25) is 4.79 Å². The zero-order valence-electron chi connectivity index (χ0n) is 11.3. The molecular formula is C13H22N2O3. The maximum atomic E-state index is 12.1. The zero-order valence-corrected chi connectivity index (χ0v) is 11.3. The lowest BCUT2D eigenvalue weighted by Crippen LogP contribution is -2.50. The summed E-state index contributed by atoms with van der Waals surface area (Å²) in [6.45, 7) is 6.82. The van der Waals surface area contributed by atoms with Crippen LogP contribution in [-0.2, 0) is 4.79 Å². The van der Waals surface area contributed by atoms with E-state index in [0.717, 1.165) is 0 Å². The first-order valence-corrected chi connectivity index (χ1v) is 6.61. The summed E-state index contributed by atoms with van der Waals surface area (Å²) in [6.07, 6.45) is 2.34. The van der Waals surface area contributed by atoms with Crippen LogP contribution in [0, 0.1) is 17.8 Å². The van der Waals surface area contributed by atoms with Crippen LogP contribution in [0.4, 0.5) is 4.79 Å². The van der Waals surface area contributed by atoms with Crippen molar-refractivity contribution < 1.29 is 14.7 Å². The molecule has 0 spiro atoms. The van der Waals surface area contributed by atoms with Gasteiger partial charge in [0.1, 0.15) is 0 Å². The van der Waals surface area contributed by atoms with Gasteiger partial charge in [0.2, 0.25) is 0 Å². The second-order valence-electron chi connectivity index (χ2n) is 6.25. The number of hydrogen-bond acceptors (Lipinski definition) is 2. The Kier molecular flexibility index (Phi) is 3.25. The highest BCUT2D eigenvalue weighted by atomic mass is 16.4. The SMILES string of the molecule is C[C@@H]1CN(C(=O)NC(C)(C)C2CC2)C[C@H]1C(=O)O. The van der Waals surface area contributed by atoms with Gasteiger partial charge in [-0.25, -0.2) is 4.79 Å². The second kappa shape index (κ2) is 4.44. The lowest BCUT2D eigenvalue weighted by molar-refractivity contribution is -0.142. The van der Waals surface area contributed by atoms with Gasteiger partial charge in [0.25, 0.3) is 0 Å². The normalized spacial score (nSPS) is 28.3. The van der Waals surface area contributed by atoms with Crippen LogP contribution in [0.5, 0.6) is 0 Å². The number of nitrogens with zero attached hydrogens (tertiary/aromatic N) is 1. The minimum atomic E-state index is -0.806. The molecule has 0 radical (unpaired) electrons. The summed E-state index contributed by atoms with van der Waals surface area (Å²) in [5.74, 6) is -0.645. The van der Waals surface area contributed by atoms with Gasteiger partial charge in [-0.2, -0.15) is 0 Å². The standard InChI is InChI=1S/C13H22N2O3/c1-8-6-15(7-10(8)11(16)17)12(18)14-13(2,3)9-4-5-9/h8-10H,4-7H2,1-3H3,(H,14,18)(H,16,17)/t8-,10-/m1/s1. The fourth-order valence-electron chi connectivity index (χ4n) is 2.72. The van der Waals surface area contributed by atoms with Crippen molar-refractivity contribution in [1.29, 1.82) is 0 Å². The van der Waals surface area contributed by atoms with Crippen LogP contribution in [-0.4, -0.2) is 40.6 Å². The molecule has 2 aliphatic rings. The molecule has 0 bridgehead atoms. The van der Waals surface area contributed by atoms with E-state index >= 15 is 0 Å². The molecule has 18 heavy (non-hydrogen) atoms. The van der Waals surface area contributed by atoms with E-state index in [2.05, 4.69) is 5.32 Å². The van der Waals surface area contributed by atoms with Crippen molar-refractivity contribution in [3.05, 3.63) is 0 Å². The van der Waals surface area contributed by atoms with E-state index in [9.17, 15) is 9.59 Å². The highest BCUT2D eigenvalue weighted by molar-refractivity contribution is 5.78. The van der Waals surface area contributed by atoms with Crippen LogP contribution in [0.15, 0.2) is 0 Å². The number of carboxylic acids is 1. The Morgan fingerprint density at radius 1 is 1.28 bits per heavy atom. The average molecular weight is 254 g/mol. The molecule has 2 rings (SSSR count). The number of likely N-dealkylation sites (tertiary alicyclic amines) is 1. The van der Waals surface area contributed by atoms with Crippen molar-refractivity contribution in [2.75, 3.05) is 13.1 Å². The molecule has 1 aliphatic carbocycles. The number of amides is 2. The van der Waals surface area contributed by atoms with Crippen LogP contribution in [0.3, 0.4) is 0 Å². The molecular weight excluding hydrogens is 232 g/mol. The number of rotatable bonds is 3. The fraction of sp³-hybridized carbons (Fsp3) is 0.846. The van der Waals surface area contributed by atoms with Crippen molar-refractivity contribution in [1.82, 2.24) is 10.2 Å². The molecule has 1 aliphatic heterocycles. The Balaban J connectivity index is 1.92. The summed E-state index contributed by atoms with van der Waals surface area (Å²) < 4.78 is 0. The molecule has 0 unspecified atom stereocenters. The number of hydrogen-bond donors (Lipinski definition) is 2. The fourth-order valence-corrected chi connectivity index (χ4v) is 2.72. The van der Waals surface area contributed by atoms with Gasteiger partial charge in [-0.05, 0) is 38.5 Å². The highest BCUT2D eigenvalue weighted by Crippen LogP contribution is 2.39. The first-order valence-electron chi connectivity index (χ1n) is 6.61. The number of aliphatic carboxylic acids is 1. The molecule has 1 saturated heterocycles. The molecule has 2 fully saturated rings. The van der Waals surface area contributed by atoms with Gasteiger partial charge in [0.05, 0.1) is 5.92 Å². The maximum Gasteiger partial charge on any atom is 0.317 e. The summed E-state index contributed by atoms with van der Waals surface area (Å²) in [5, 5.41) is 12.1. The average Bonchev–Trinajstić information content (AvgIpc) is 3.01. The Hall–Kier alpha value is -1.26. The predicted octanol–water partition coefficient (Wildman–Crippen LogP) is 1.54. The number of carboxylic acid groups (broad SMARTS) is 1. The Bertz CT molecular complexity index is 363. The molecule has 2 atom stereocenters. The minimum absolute atomic E-state index is 0.0253. The molecule has 102 valence electrons. The van der Waals surface area contributed by atoms with Gasteiger partial charge in [-0.1, -0.05) is 6.92 Å². The van der Waals surface area contributed by atoms with Crippen molar-refractivity contribution in [3.8, 4) is 0 Å². The highest BCUT2D eigenvalue weighted by Gasteiger charge is 2.42. The maximum absolute atomic E-state index is 12.1. The molecule has 0 aromatic heterocycles. The summed E-state index contributed by atoms with van der Waals surface area (Å²) in [7, 11) is 0. The quantitative estimate of drug-likeness (QED) is 0.802. The first-order chi connectivity index (χ1) is 8.31.